The second-order valence-electron chi connectivity index (χ2n) is 6.19. The zero-order chi connectivity index (χ0) is 18.3. The Hall–Kier alpha value is -2.03. The molecule has 142 valence electrons. The first-order valence-electron chi connectivity index (χ1n) is 8.68. The fourth-order valence-electron chi connectivity index (χ4n) is 3.32. The molecule has 2 heterocycles. The van der Waals surface area contributed by atoms with E-state index in [0.717, 1.165) is 11.4 Å². The second-order valence-corrected chi connectivity index (χ2v) is 8.13. The Kier molecular flexibility index (Phi) is 5.50. The van der Waals surface area contributed by atoms with E-state index in [1.165, 1.54) is 9.87 Å². The zero-order valence-corrected chi connectivity index (χ0v) is 17.5. The summed E-state index contributed by atoms with van der Waals surface area (Å²) in [5.74, 6) is 1.37. The summed E-state index contributed by atoms with van der Waals surface area (Å²) < 4.78 is 28.8. The van der Waals surface area contributed by atoms with Crippen molar-refractivity contribution < 1.29 is 25.4 Å². The number of hydrogen-bond acceptors (Lipinski definition) is 4. The molecule has 0 saturated heterocycles. The maximum absolute atomic E-state index is 12.8. The number of sulfonamides is 1. The van der Waals surface area contributed by atoms with Gasteiger partial charge in [0.2, 0.25) is 10.0 Å². The minimum atomic E-state index is -3.50. The van der Waals surface area contributed by atoms with Crippen LogP contribution < -0.4 is 17.0 Å². The third-order valence-electron chi connectivity index (χ3n) is 4.69. The SMILES string of the molecule is CCN(CC)S(=O)(=O)c1cccc(-c2nc3n(n2)Cc2ccccc2-3)c1.[Br-]. The van der Waals surface area contributed by atoms with E-state index in [4.69, 9.17) is 0 Å². The molecule has 2 aromatic carbocycles. The van der Waals surface area contributed by atoms with Crippen LogP contribution in [0.3, 0.4) is 0 Å². The number of hydrogen-bond donors (Lipinski definition) is 0. The molecule has 8 heteroatoms. The molecule has 0 atom stereocenters. The normalized spacial score (nSPS) is 12.6. The molecule has 1 aromatic heterocycles. The van der Waals surface area contributed by atoms with E-state index in [-0.39, 0.29) is 21.9 Å². The highest BCUT2D eigenvalue weighted by Gasteiger charge is 2.25. The molecule has 27 heavy (non-hydrogen) atoms. The maximum atomic E-state index is 12.8. The van der Waals surface area contributed by atoms with Crippen molar-refractivity contribution in [3.8, 4) is 22.8 Å². The third-order valence-corrected chi connectivity index (χ3v) is 6.73. The van der Waals surface area contributed by atoms with Crippen molar-refractivity contribution in [2.75, 3.05) is 13.1 Å². The van der Waals surface area contributed by atoms with Crippen LogP contribution in [0.5, 0.6) is 0 Å². The molecule has 0 spiro atoms. The van der Waals surface area contributed by atoms with Gasteiger partial charge < -0.3 is 17.0 Å². The Morgan fingerprint density at radius 3 is 2.56 bits per heavy atom. The number of rotatable bonds is 5. The quantitative estimate of drug-likeness (QED) is 0.432. The average molecular weight is 448 g/mol. The molecular weight excluding hydrogens is 428 g/mol. The van der Waals surface area contributed by atoms with E-state index in [2.05, 4.69) is 16.1 Å². The van der Waals surface area contributed by atoms with Gasteiger partial charge in [0.25, 0.3) is 0 Å². The van der Waals surface area contributed by atoms with Crippen molar-refractivity contribution in [3.63, 3.8) is 0 Å². The van der Waals surface area contributed by atoms with Gasteiger partial charge >= 0.3 is 0 Å². The van der Waals surface area contributed by atoms with Crippen molar-refractivity contribution in [2.24, 2.45) is 0 Å². The van der Waals surface area contributed by atoms with Crippen LogP contribution in [0.15, 0.2) is 53.4 Å². The van der Waals surface area contributed by atoms with Crippen LogP contribution in [-0.4, -0.2) is 40.6 Å². The maximum Gasteiger partial charge on any atom is 0.243 e. The van der Waals surface area contributed by atoms with Crippen molar-refractivity contribution in [1.82, 2.24) is 19.1 Å². The summed E-state index contributed by atoms with van der Waals surface area (Å²) in [6.45, 7) is 5.25. The Labute approximate surface area is 169 Å². The van der Waals surface area contributed by atoms with Gasteiger partial charge in [0.05, 0.1) is 11.4 Å². The van der Waals surface area contributed by atoms with Crippen molar-refractivity contribution in [1.29, 1.82) is 0 Å². The van der Waals surface area contributed by atoms with Gasteiger partial charge in [-0.3, -0.25) is 0 Å². The lowest BCUT2D eigenvalue weighted by molar-refractivity contribution is -0.00000808. The van der Waals surface area contributed by atoms with Crippen LogP contribution in [0.4, 0.5) is 0 Å². The Bertz CT molecular complexity index is 1070. The molecule has 4 rings (SSSR count). The summed E-state index contributed by atoms with van der Waals surface area (Å²) in [7, 11) is -3.50. The minimum Gasteiger partial charge on any atom is -1.00 e. The van der Waals surface area contributed by atoms with Gasteiger partial charge in [0, 0.05) is 24.2 Å². The van der Waals surface area contributed by atoms with E-state index >= 15 is 0 Å². The Balaban J connectivity index is 0.00000210. The monoisotopic (exact) mass is 447 g/mol. The predicted molar refractivity (Wildman–Crippen MR) is 100 cm³/mol. The van der Waals surface area contributed by atoms with Crippen molar-refractivity contribution in [3.05, 3.63) is 54.1 Å². The average Bonchev–Trinajstić information content (AvgIpc) is 3.20. The highest BCUT2D eigenvalue weighted by atomic mass is 79.9. The second kappa shape index (κ2) is 7.53. The molecule has 0 amide bonds. The molecule has 1 aliphatic heterocycles. The minimum absolute atomic E-state index is 0. The molecule has 0 N–H and O–H groups in total. The first kappa shape index (κ1) is 19.7. The molecule has 0 aliphatic carbocycles. The van der Waals surface area contributed by atoms with E-state index in [9.17, 15) is 8.42 Å². The number of aromatic nitrogens is 3. The van der Waals surface area contributed by atoms with E-state index < -0.39 is 10.0 Å². The van der Waals surface area contributed by atoms with Crippen LogP contribution in [0.1, 0.15) is 19.4 Å². The molecule has 1 aliphatic rings. The van der Waals surface area contributed by atoms with Gasteiger partial charge in [0.15, 0.2) is 11.6 Å². The van der Waals surface area contributed by atoms with Crippen LogP contribution in [0.2, 0.25) is 0 Å². The predicted octanol–water partition coefficient (Wildman–Crippen LogP) is 0.00830. The van der Waals surface area contributed by atoms with Gasteiger partial charge in [0.1, 0.15) is 0 Å². The number of halogens is 1. The molecule has 0 saturated carbocycles. The van der Waals surface area contributed by atoms with Gasteiger partial charge in [-0.1, -0.05) is 50.2 Å². The van der Waals surface area contributed by atoms with Crippen LogP contribution in [0.25, 0.3) is 22.8 Å². The van der Waals surface area contributed by atoms with Crippen molar-refractivity contribution >= 4 is 10.0 Å². The first-order valence-corrected chi connectivity index (χ1v) is 10.1. The van der Waals surface area contributed by atoms with Crippen LogP contribution >= 0.6 is 0 Å². The summed E-state index contributed by atoms with van der Waals surface area (Å²) in [6.07, 6.45) is 0. The summed E-state index contributed by atoms with van der Waals surface area (Å²) in [5, 5.41) is 4.58. The molecule has 0 bridgehead atoms. The van der Waals surface area contributed by atoms with E-state index in [0.29, 0.717) is 31.0 Å². The zero-order valence-electron chi connectivity index (χ0n) is 15.1. The fraction of sp³-hybridized carbons (Fsp3) is 0.263. The number of fused-ring (bicyclic) bond motifs is 3. The third kappa shape index (κ3) is 3.33. The van der Waals surface area contributed by atoms with Gasteiger partial charge in [-0.05, 0) is 17.7 Å². The highest BCUT2D eigenvalue weighted by Crippen LogP contribution is 2.32. The fourth-order valence-corrected chi connectivity index (χ4v) is 4.82. The molecule has 0 fully saturated rings. The summed E-state index contributed by atoms with van der Waals surface area (Å²) in [6, 6.07) is 15.0. The van der Waals surface area contributed by atoms with Crippen LogP contribution in [0, 0.1) is 0 Å². The molecular formula is C19H20BrN4O2S-. The standard InChI is InChI=1S/C19H20N4O2S.BrH/c1-3-22(4-2)26(24,25)16-10-7-9-14(12-16)18-20-19-17-11-6-5-8-15(17)13-23(19)21-18;/h5-12H,3-4,13H2,1-2H3;1H/p-1. The van der Waals surface area contributed by atoms with Gasteiger partial charge in [-0.2, -0.15) is 9.40 Å². The first-order chi connectivity index (χ1) is 12.5. The highest BCUT2D eigenvalue weighted by molar-refractivity contribution is 7.89. The molecule has 3 aromatic rings. The topological polar surface area (TPSA) is 68.1 Å². The molecule has 0 radical (unpaired) electrons. The Morgan fingerprint density at radius 1 is 1.07 bits per heavy atom. The number of nitrogens with zero attached hydrogens (tertiary/aromatic N) is 4. The van der Waals surface area contributed by atoms with Gasteiger partial charge in [-0.15, -0.1) is 0 Å². The van der Waals surface area contributed by atoms with Crippen LogP contribution in [-0.2, 0) is 16.6 Å². The number of benzene rings is 2. The lowest BCUT2D eigenvalue weighted by atomic mass is 10.1. The van der Waals surface area contributed by atoms with Crippen molar-refractivity contribution in [2.45, 2.75) is 25.3 Å². The molecule has 6 nitrogen and oxygen atoms in total. The lowest BCUT2D eigenvalue weighted by Crippen LogP contribution is -3.00. The summed E-state index contributed by atoms with van der Waals surface area (Å²) in [4.78, 5) is 4.93. The Morgan fingerprint density at radius 2 is 1.81 bits per heavy atom. The lowest BCUT2D eigenvalue weighted by Gasteiger charge is -2.18. The van der Waals surface area contributed by atoms with E-state index in [1.54, 1.807) is 18.2 Å². The molecule has 0 unspecified atom stereocenters. The smallest absolute Gasteiger partial charge is 0.243 e. The summed E-state index contributed by atoms with van der Waals surface area (Å²) in [5.41, 5.74) is 2.99. The largest absolute Gasteiger partial charge is 1.00 e. The summed E-state index contributed by atoms with van der Waals surface area (Å²) >= 11 is 0. The van der Waals surface area contributed by atoms with E-state index in [1.807, 2.05) is 42.8 Å². The van der Waals surface area contributed by atoms with Gasteiger partial charge in [-0.25, -0.2) is 18.1 Å².